The third-order valence-electron chi connectivity index (χ3n) is 9.53. The number of rotatable bonds is 39. The van der Waals surface area contributed by atoms with Crippen molar-refractivity contribution in [3.05, 3.63) is 60.8 Å². The molecule has 0 aliphatic carbocycles. The number of hydrogen-bond donors (Lipinski definition) is 3. The first kappa shape index (κ1) is 53.2. The lowest BCUT2D eigenvalue weighted by molar-refractivity contribution is -0.870. The van der Waals surface area contributed by atoms with Crippen LogP contribution in [0.4, 0.5) is 0 Å². The minimum atomic E-state index is -4.31. The Kier molecular flexibility index (Phi) is 36.5. The lowest BCUT2D eigenvalue weighted by Gasteiger charge is -2.26. The van der Waals surface area contributed by atoms with Crippen LogP contribution in [-0.4, -0.2) is 73.4 Å². The van der Waals surface area contributed by atoms with E-state index in [9.17, 15) is 19.4 Å². The van der Waals surface area contributed by atoms with Gasteiger partial charge in [-0.15, -0.1) is 0 Å². The molecule has 0 radical (unpaired) electrons. The first-order chi connectivity index (χ1) is 26.5. The highest BCUT2D eigenvalue weighted by atomic mass is 31.2. The fourth-order valence-electron chi connectivity index (χ4n) is 6.01. The molecule has 0 saturated carbocycles. The number of allylic oxidation sites excluding steroid dienone is 10. The maximum absolute atomic E-state index is 12.8. The number of nitrogens with zero attached hydrogens (tertiary/aromatic N) is 1. The summed E-state index contributed by atoms with van der Waals surface area (Å²) in [5.74, 6) is -0.158. The third-order valence-corrected chi connectivity index (χ3v) is 10.5. The van der Waals surface area contributed by atoms with Crippen molar-refractivity contribution in [1.82, 2.24) is 5.32 Å². The molecule has 1 amide bonds. The van der Waals surface area contributed by atoms with Gasteiger partial charge in [-0.2, -0.15) is 0 Å². The second-order valence-corrected chi connectivity index (χ2v) is 17.5. The lowest BCUT2D eigenvalue weighted by atomic mass is 10.0. The second-order valence-electron chi connectivity index (χ2n) is 16.0. The molecular formula is C46H86N2O6P+. The molecule has 0 rings (SSSR count). The number of amides is 1. The Morgan fingerprint density at radius 1 is 0.636 bits per heavy atom. The minimum absolute atomic E-state index is 0.0704. The lowest BCUT2D eigenvalue weighted by Crippen LogP contribution is -2.46. The van der Waals surface area contributed by atoms with Crippen LogP contribution < -0.4 is 5.32 Å². The van der Waals surface area contributed by atoms with Crippen molar-refractivity contribution in [3.8, 4) is 0 Å². The van der Waals surface area contributed by atoms with Crippen LogP contribution >= 0.6 is 7.82 Å². The van der Waals surface area contributed by atoms with Gasteiger partial charge in [0.15, 0.2) is 0 Å². The normalized spacial score (nSPS) is 15.0. The molecule has 0 heterocycles. The van der Waals surface area contributed by atoms with E-state index in [0.717, 1.165) is 77.0 Å². The summed E-state index contributed by atoms with van der Waals surface area (Å²) in [6.07, 6.45) is 48.3. The minimum Gasteiger partial charge on any atom is -0.391 e. The number of nitrogens with one attached hydrogen (secondary N) is 1. The summed E-state index contributed by atoms with van der Waals surface area (Å²) in [5, 5.41) is 13.9. The van der Waals surface area contributed by atoms with Crippen LogP contribution in [-0.2, 0) is 18.4 Å². The first-order valence-electron chi connectivity index (χ1n) is 22.2. The van der Waals surface area contributed by atoms with E-state index in [1.165, 1.54) is 70.6 Å². The molecule has 9 heteroatoms. The van der Waals surface area contributed by atoms with Crippen LogP contribution in [0.5, 0.6) is 0 Å². The maximum Gasteiger partial charge on any atom is 0.472 e. The summed E-state index contributed by atoms with van der Waals surface area (Å²) in [6.45, 7) is 4.71. The Balaban J connectivity index is 4.18. The summed E-state index contributed by atoms with van der Waals surface area (Å²) in [5.41, 5.74) is 0. The van der Waals surface area contributed by atoms with E-state index in [0.29, 0.717) is 23.9 Å². The largest absolute Gasteiger partial charge is 0.472 e. The highest BCUT2D eigenvalue weighted by molar-refractivity contribution is 7.47. The SMILES string of the molecule is CC/C=C\C/C=C\C/C=C\C/C=C\C/C=C\CCCCCCCCCCCC(=O)NC(COP(=O)(O)OCC[N+](C)(C)C)C(O)CCCCCCCCCC. The van der Waals surface area contributed by atoms with Crippen molar-refractivity contribution in [1.29, 1.82) is 0 Å². The predicted molar refractivity (Wildman–Crippen MR) is 235 cm³/mol. The molecule has 0 bridgehead atoms. The number of carbonyl (C=O) groups is 1. The number of hydrogen-bond acceptors (Lipinski definition) is 5. The molecule has 3 N–H and O–H groups in total. The summed E-state index contributed by atoms with van der Waals surface area (Å²) >= 11 is 0. The van der Waals surface area contributed by atoms with Gasteiger partial charge in [0.05, 0.1) is 39.9 Å². The van der Waals surface area contributed by atoms with Crippen molar-refractivity contribution in [2.24, 2.45) is 0 Å². The van der Waals surface area contributed by atoms with Gasteiger partial charge in [-0.25, -0.2) is 4.57 Å². The van der Waals surface area contributed by atoms with E-state index in [2.05, 4.69) is 79.9 Å². The Morgan fingerprint density at radius 2 is 1.09 bits per heavy atom. The molecule has 55 heavy (non-hydrogen) atoms. The van der Waals surface area contributed by atoms with Gasteiger partial charge in [-0.3, -0.25) is 13.8 Å². The molecule has 320 valence electrons. The Labute approximate surface area is 339 Å². The zero-order chi connectivity index (χ0) is 40.7. The Hall–Kier alpha value is -1.80. The van der Waals surface area contributed by atoms with Crippen LogP contribution in [0.15, 0.2) is 60.8 Å². The van der Waals surface area contributed by atoms with Crippen molar-refractivity contribution in [3.63, 3.8) is 0 Å². The molecule has 0 saturated heterocycles. The summed E-state index contributed by atoms with van der Waals surface area (Å²) in [7, 11) is 1.60. The molecule has 0 aromatic rings. The zero-order valence-corrected chi connectivity index (χ0v) is 37.0. The average molecular weight is 794 g/mol. The number of phosphoric acid groups is 1. The van der Waals surface area contributed by atoms with Crippen molar-refractivity contribution >= 4 is 13.7 Å². The molecule has 0 aromatic carbocycles. The fraction of sp³-hybridized carbons (Fsp3) is 0.761. The summed E-state index contributed by atoms with van der Waals surface area (Å²) < 4.78 is 23.5. The number of unbranched alkanes of at least 4 members (excludes halogenated alkanes) is 16. The molecule has 0 spiro atoms. The molecule has 0 aliphatic rings. The Bertz CT molecular complexity index is 1080. The molecule has 0 aromatic heterocycles. The van der Waals surface area contributed by atoms with Crippen LogP contribution in [0, 0.1) is 0 Å². The number of aliphatic hydroxyl groups is 1. The fourth-order valence-corrected chi connectivity index (χ4v) is 6.75. The summed E-state index contributed by atoms with van der Waals surface area (Å²) in [4.78, 5) is 23.1. The van der Waals surface area contributed by atoms with E-state index >= 15 is 0 Å². The standard InChI is InChI=1S/C46H85N2O6P/c1-6-8-10-12-14-16-17-18-19-20-21-22-23-24-25-26-27-28-29-30-31-32-34-36-38-40-46(50)47-44(43-54-55(51,52)53-42-41-48(3,4)5)45(49)39-37-35-33-15-13-11-9-7-2/h8,10,14,16,18-19,21-22,24-25,44-45,49H,6-7,9,11-13,15,17,20,23,26-43H2,1-5H3,(H-,47,50,51,52)/p+1/b10-8-,16-14-,19-18-,22-21-,25-24-. The first-order valence-corrected chi connectivity index (χ1v) is 23.6. The van der Waals surface area contributed by atoms with Crippen molar-refractivity contribution in [2.45, 2.75) is 187 Å². The molecule has 0 fully saturated rings. The number of carbonyl (C=O) groups excluding carboxylic acids is 1. The van der Waals surface area contributed by atoms with Gasteiger partial charge in [-0.05, 0) is 57.8 Å². The van der Waals surface area contributed by atoms with Gasteiger partial charge in [0.1, 0.15) is 13.2 Å². The quantitative estimate of drug-likeness (QED) is 0.0248. The van der Waals surface area contributed by atoms with Gasteiger partial charge in [-0.1, -0.05) is 171 Å². The van der Waals surface area contributed by atoms with E-state index in [-0.39, 0.29) is 19.1 Å². The number of quaternary nitrogens is 1. The second kappa shape index (κ2) is 37.8. The third kappa shape index (κ3) is 40.2. The number of phosphoric ester groups is 1. The molecular weight excluding hydrogens is 707 g/mol. The number of aliphatic hydroxyl groups excluding tert-OH is 1. The average Bonchev–Trinajstić information content (AvgIpc) is 3.13. The number of likely N-dealkylation sites (N-methyl/N-ethyl adjacent to an activating group) is 1. The molecule has 3 unspecified atom stereocenters. The highest BCUT2D eigenvalue weighted by Gasteiger charge is 2.28. The monoisotopic (exact) mass is 794 g/mol. The van der Waals surface area contributed by atoms with Gasteiger partial charge < -0.3 is 19.8 Å². The van der Waals surface area contributed by atoms with Gasteiger partial charge in [0, 0.05) is 6.42 Å². The van der Waals surface area contributed by atoms with E-state index < -0.39 is 20.0 Å². The van der Waals surface area contributed by atoms with Crippen molar-refractivity contribution < 1.29 is 32.9 Å². The van der Waals surface area contributed by atoms with Gasteiger partial charge in [0.2, 0.25) is 5.91 Å². The maximum atomic E-state index is 12.8. The molecule has 3 atom stereocenters. The summed E-state index contributed by atoms with van der Waals surface area (Å²) in [6, 6.07) is -0.763. The van der Waals surface area contributed by atoms with Crippen LogP contribution in [0.25, 0.3) is 0 Å². The molecule has 0 aliphatic heterocycles. The topological polar surface area (TPSA) is 105 Å². The van der Waals surface area contributed by atoms with Crippen LogP contribution in [0.2, 0.25) is 0 Å². The smallest absolute Gasteiger partial charge is 0.391 e. The van der Waals surface area contributed by atoms with Crippen LogP contribution in [0.1, 0.15) is 174 Å². The van der Waals surface area contributed by atoms with Gasteiger partial charge in [0.25, 0.3) is 0 Å². The van der Waals surface area contributed by atoms with E-state index in [4.69, 9.17) is 9.05 Å². The predicted octanol–water partition coefficient (Wildman–Crippen LogP) is 12.2. The molecule has 8 nitrogen and oxygen atoms in total. The van der Waals surface area contributed by atoms with Crippen molar-refractivity contribution in [2.75, 3.05) is 40.9 Å². The van der Waals surface area contributed by atoms with Gasteiger partial charge >= 0.3 is 7.82 Å². The zero-order valence-electron chi connectivity index (χ0n) is 36.1. The van der Waals surface area contributed by atoms with E-state index in [1.54, 1.807) is 0 Å². The van der Waals surface area contributed by atoms with Crippen LogP contribution in [0.3, 0.4) is 0 Å². The van der Waals surface area contributed by atoms with E-state index in [1.807, 2.05) is 21.1 Å². The Morgan fingerprint density at radius 3 is 1.60 bits per heavy atom. The highest BCUT2D eigenvalue weighted by Crippen LogP contribution is 2.43.